The number of fused-ring (bicyclic) bond motifs is 6. The molecule has 0 N–H and O–H groups in total. The van der Waals surface area contributed by atoms with Crippen molar-refractivity contribution in [3.63, 3.8) is 0 Å². The van der Waals surface area contributed by atoms with Crippen LogP contribution in [-0.4, -0.2) is 19.5 Å². The zero-order chi connectivity index (χ0) is 33.0. The molecule has 0 saturated heterocycles. The minimum absolute atomic E-state index is 0.639. The fourth-order valence-corrected chi connectivity index (χ4v) is 8.17. The van der Waals surface area contributed by atoms with Crippen molar-refractivity contribution < 1.29 is 0 Å². The van der Waals surface area contributed by atoms with Crippen LogP contribution in [0.5, 0.6) is 0 Å². The number of para-hydroxylation sites is 1. The van der Waals surface area contributed by atoms with Crippen molar-refractivity contribution in [1.29, 1.82) is 0 Å². The smallest absolute Gasteiger partial charge is 0.164 e. The summed E-state index contributed by atoms with van der Waals surface area (Å²) in [7, 11) is 0. The number of hydrogen-bond donors (Lipinski definition) is 0. The lowest BCUT2D eigenvalue weighted by Gasteiger charge is -2.11. The molecule has 5 heteroatoms. The minimum Gasteiger partial charge on any atom is -0.309 e. The zero-order valence-electron chi connectivity index (χ0n) is 26.9. The Kier molecular flexibility index (Phi) is 6.64. The maximum absolute atomic E-state index is 5.05. The fraction of sp³-hybridized carbons (Fsp3) is 0. The number of hydrogen-bond acceptors (Lipinski definition) is 4. The summed E-state index contributed by atoms with van der Waals surface area (Å²) in [6, 6.07) is 59.7. The average Bonchev–Trinajstić information content (AvgIpc) is 3.72. The Morgan fingerprint density at radius 2 is 0.920 bits per heavy atom. The first-order valence-corrected chi connectivity index (χ1v) is 17.5. The molecule has 50 heavy (non-hydrogen) atoms. The van der Waals surface area contributed by atoms with Crippen molar-refractivity contribution in [2.24, 2.45) is 0 Å². The van der Waals surface area contributed by atoms with Gasteiger partial charge in [0.15, 0.2) is 17.5 Å². The van der Waals surface area contributed by atoms with Gasteiger partial charge in [-0.05, 0) is 65.7 Å². The van der Waals surface area contributed by atoms with E-state index in [0.717, 1.165) is 33.5 Å². The topological polar surface area (TPSA) is 43.6 Å². The Morgan fingerprint density at radius 3 is 1.68 bits per heavy atom. The van der Waals surface area contributed by atoms with Crippen molar-refractivity contribution in [3.8, 4) is 51.0 Å². The Balaban J connectivity index is 1.11. The molecule has 0 spiro atoms. The molecule has 10 rings (SSSR count). The second-order valence-electron chi connectivity index (χ2n) is 12.5. The normalized spacial score (nSPS) is 11.6. The van der Waals surface area contributed by atoms with Gasteiger partial charge in [-0.15, -0.1) is 11.3 Å². The van der Waals surface area contributed by atoms with Crippen molar-refractivity contribution in [3.05, 3.63) is 170 Å². The molecule has 0 saturated carbocycles. The monoisotopic (exact) mass is 656 g/mol. The summed E-state index contributed by atoms with van der Waals surface area (Å²) in [6.45, 7) is 0. The Labute approximate surface area is 292 Å². The molecule has 0 atom stereocenters. The third-order valence-electron chi connectivity index (χ3n) is 9.45. The molecule has 0 aliphatic carbocycles. The van der Waals surface area contributed by atoms with Crippen LogP contribution in [0.1, 0.15) is 0 Å². The van der Waals surface area contributed by atoms with E-state index in [1.54, 1.807) is 0 Å². The predicted molar refractivity (Wildman–Crippen MR) is 209 cm³/mol. The minimum atomic E-state index is 0.639. The Bertz CT molecular complexity index is 2850. The van der Waals surface area contributed by atoms with Gasteiger partial charge in [-0.3, -0.25) is 0 Å². The molecule has 0 aliphatic heterocycles. The van der Waals surface area contributed by atoms with Crippen LogP contribution in [0.15, 0.2) is 170 Å². The van der Waals surface area contributed by atoms with E-state index in [4.69, 9.17) is 15.0 Å². The van der Waals surface area contributed by atoms with E-state index in [-0.39, 0.29) is 0 Å². The lowest BCUT2D eigenvalue weighted by Crippen LogP contribution is -2.00. The molecule has 0 amide bonds. The van der Waals surface area contributed by atoms with Gasteiger partial charge < -0.3 is 4.57 Å². The highest BCUT2D eigenvalue weighted by Crippen LogP contribution is 2.40. The van der Waals surface area contributed by atoms with Gasteiger partial charge in [-0.2, -0.15) is 0 Å². The van der Waals surface area contributed by atoms with Crippen LogP contribution in [0.2, 0.25) is 0 Å². The molecule has 234 valence electrons. The van der Waals surface area contributed by atoms with Gasteiger partial charge in [0.05, 0.1) is 11.0 Å². The molecule has 0 bridgehead atoms. The first-order chi connectivity index (χ1) is 24.8. The lowest BCUT2D eigenvalue weighted by atomic mass is 10.0. The van der Waals surface area contributed by atoms with E-state index in [1.807, 2.05) is 47.7 Å². The summed E-state index contributed by atoms with van der Waals surface area (Å²) in [5.41, 5.74) is 8.58. The molecule has 7 aromatic carbocycles. The molecular formula is C45H28N4S. The molecule has 4 nitrogen and oxygen atoms in total. The number of rotatable bonds is 5. The summed E-state index contributed by atoms with van der Waals surface area (Å²) < 4.78 is 4.98. The first kappa shape index (κ1) is 28.6. The van der Waals surface area contributed by atoms with Crippen molar-refractivity contribution in [2.45, 2.75) is 0 Å². The Hall–Kier alpha value is -6.43. The molecule has 3 heterocycles. The first-order valence-electron chi connectivity index (χ1n) is 16.7. The van der Waals surface area contributed by atoms with E-state index in [2.05, 4.69) is 138 Å². The molecule has 3 aromatic heterocycles. The second-order valence-corrected chi connectivity index (χ2v) is 13.6. The highest BCUT2D eigenvalue weighted by molar-refractivity contribution is 7.25. The largest absolute Gasteiger partial charge is 0.309 e. The number of thiophene rings is 1. The van der Waals surface area contributed by atoms with E-state index >= 15 is 0 Å². The molecule has 0 fully saturated rings. The summed E-state index contributed by atoms with van der Waals surface area (Å²) in [4.78, 5) is 15.0. The summed E-state index contributed by atoms with van der Waals surface area (Å²) >= 11 is 1.85. The SMILES string of the molecule is c1ccc(-c2cccc(-c3nc(-c4ccccc4)nc(-c4ccc(-n5c6ccccc6c6cc7c(cc65)sc5ccccc57)cc4)n3)c2)cc1. The van der Waals surface area contributed by atoms with Crippen LogP contribution >= 0.6 is 11.3 Å². The van der Waals surface area contributed by atoms with Crippen LogP contribution < -0.4 is 0 Å². The van der Waals surface area contributed by atoms with Gasteiger partial charge in [-0.1, -0.05) is 115 Å². The quantitative estimate of drug-likeness (QED) is 0.185. The van der Waals surface area contributed by atoms with Gasteiger partial charge in [0.2, 0.25) is 0 Å². The van der Waals surface area contributed by atoms with Crippen LogP contribution in [0.4, 0.5) is 0 Å². The highest BCUT2D eigenvalue weighted by Gasteiger charge is 2.17. The van der Waals surface area contributed by atoms with Crippen molar-refractivity contribution in [1.82, 2.24) is 19.5 Å². The predicted octanol–water partition coefficient (Wildman–Crippen LogP) is 12.0. The van der Waals surface area contributed by atoms with Gasteiger partial charge in [-0.25, -0.2) is 15.0 Å². The second kappa shape index (κ2) is 11.6. The maximum atomic E-state index is 5.05. The Morgan fingerprint density at radius 1 is 0.340 bits per heavy atom. The summed E-state index contributed by atoms with van der Waals surface area (Å²) in [6.07, 6.45) is 0. The number of aromatic nitrogens is 4. The average molecular weight is 657 g/mol. The van der Waals surface area contributed by atoms with Crippen LogP contribution in [0.25, 0.3) is 93.0 Å². The fourth-order valence-electron chi connectivity index (χ4n) is 7.04. The lowest BCUT2D eigenvalue weighted by molar-refractivity contribution is 1.07. The van der Waals surface area contributed by atoms with Crippen LogP contribution in [-0.2, 0) is 0 Å². The van der Waals surface area contributed by atoms with Crippen LogP contribution in [0.3, 0.4) is 0 Å². The standard InChI is InChI=1S/C45H28N4S/c1-3-12-29(13-4-1)32-16-11-17-33(26-32)45-47-43(30-14-5-2-6-15-30)46-44(48-45)31-22-24-34(25-23-31)49-39-20-9-7-18-35(39)37-27-38-36-19-8-10-21-41(36)50-42(38)28-40(37)49/h1-28H. The molecule has 0 unspecified atom stereocenters. The summed E-state index contributed by atoms with van der Waals surface area (Å²) in [5, 5.41) is 5.13. The third-order valence-corrected chi connectivity index (χ3v) is 10.6. The molecule has 10 aromatic rings. The molecule has 0 radical (unpaired) electrons. The van der Waals surface area contributed by atoms with Crippen molar-refractivity contribution in [2.75, 3.05) is 0 Å². The van der Waals surface area contributed by atoms with Crippen LogP contribution in [0, 0.1) is 0 Å². The van der Waals surface area contributed by atoms with E-state index in [9.17, 15) is 0 Å². The van der Waals surface area contributed by atoms with Gasteiger partial charge in [0, 0.05) is 53.3 Å². The van der Waals surface area contributed by atoms with Gasteiger partial charge >= 0.3 is 0 Å². The maximum Gasteiger partial charge on any atom is 0.164 e. The van der Waals surface area contributed by atoms with Crippen molar-refractivity contribution >= 4 is 53.3 Å². The third kappa shape index (κ3) is 4.79. The summed E-state index contributed by atoms with van der Waals surface area (Å²) in [5.74, 6) is 1.93. The van der Waals surface area contributed by atoms with Gasteiger partial charge in [0.25, 0.3) is 0 Å². The van der Waals surface area contributed by atoms with E-state index in [1.165, 1.54) is 42.0 Å². The van der Waals surface area contributed by atoms with E-state index < -0.39 is 0 Å². The number of nitrogens with zero attached hydrogens (tertiary/aromatic N) is 4. The molecular weight excluding hydrogens is 629 g/mol. The molecule has 0 aliphatic rings. The number of benzene rings is 7. The zero-order valence-corrected chi connectivity index (χ0v) is 27.7. The highest BCUT2D eigenvalue weighted by atomic mass is 32.1. The van der Waals surface area contributed by atoms with Gasteiger partial charge in [0.1, 0.15) is 0 Å². The van der Waals surface area contributed by atoms with E-state index in [0.29, 0.717) is 17.5 Å².